The van der Waals surface area contributed by atoms with Crippen molar-refractivity contribution in [3.05, 3.63) is 17.5 Å². The molecule has 1 saturated heterocycles. The van der Waals surface area contributed by atoms with Crippen LogP contribution in [0.5, 0.6) is 0 Å². The third-order valence-corrected chi connectivity index (χ3v) is 3.63. The van der Waals surface area contributed by atoms with Crippen molar-refractivity contribution in [3.63, 3.8) is 0 Å². The molecule has 0 aliphatic carbocycles. The summed E-state index contributed by atoms with van der Waals surface area (Å²) in [5.74, 6) is 0.976. The van der Waals surface area contributed by atoms with Crippen molar-refractivity contribution in [1.29, 1.82) is 0 Å². The van der Waals surface area contributed by atoms with Crippen LogP contribution in [0.25, 0.3) is 0 Å². The molecule has 1 aromatic rings. The summed E-state index contributed by atoms with van der Waals surface area (Å²) < 4.78 is 5.35. The lowest BCUT2D eigenvalue weighted by molar-refractivity contribution is 0.131. The van der Waals surface area contributed by atoms with Gasteiger partial charge in [-0.3, -0.25) is 4.90 Å². The number of hydrogen-bond acceptors (Lipinski definition) is 5. The van der Waals surface area contributed by atoms with Gasteiger partial charge in [0.2, 0.25) is 0 Å². The van der Waals surface area contributed by atoms with Gasteiger partial charge in [-0.25, -0.2) is 0 Å². The standard InChI is InChI=1S/C13H24N4O/c1-14-9-11-8-13(18-15-11)10-17-6-4-12(5-7-17)16(2)3/h8,12,14H,4-7,9-10H2,1-3H3. The van der Waals surface area contributed by atoms with E-state index in [-0.39, 0.29) is 0 Å². The average Bonchev–Trinajstić information content (AvgIpc) is 2.78. The molecule has 2 heterocycles. The van der Waals surface area contributed by atoms with Crippen LogP contribution in [-0.2, 0) is 13.1 Å². The Morgan fingerprint density at radius 2 is 2.17 bits per heavy atom. The van der Waals surface area contributed by atoms with E-state index in [1.165, 1.54) is 12.8 Å². The zero-order chi connectivity index (χ0) is 13.0. The van der Waals surface area contributed by atoms with Gasteiger partial charge < -0.3 is 14.7 Å². The van der Waals surface area contributed by atoms with Crippen LogP contribution < -0.4 is 5.32 Å². The molecule has 1 aliphatic rings. The summed E-state index contributed by atoms with van der Waals surface area (Å²) in [7, 11) is 6.25. The van der Waals surface area contributed by atoms with Crippen molar-refractivity contribution in [2.45, 2.75) is 32.0 Å². The number of hydrogen-bond donors (Lipinski definition) is 1. The third-order valence-electron chi connectivity index (χ3n) is 3.63. The van der Waals surface area contributed by atoms with Gasteiger partial charge in [-0.05, 0) is 34.0 Å². The van der Waals surface area contributed by atoms with E-state index in [1.807, 2.05) is 7.05 Å². The molecule has 1 aliphatic heterocycles. The first-order valence-corrected chi connectivity index (χ1v) is 6.67. The molecule has 0 unspecified atom stereocenters. The molecule has 18 heavy (non-hydrogen) atoms. The van der Waals surface area contributed by atoms with E-state index >= 15 is 0 Å². The molecule has 0 atom stereocenters. The van der Waals surface area contributed by atoms with Gasteiger partial charge in [-0.15, -0.1) is 0 Å². The molecule has 1 aromatic heterocycles. The molecular weight excluding hydrogens is 228 g/mol. The Morgan fingerprint density at radius 1 is 1.44 bits per heavy atom. The Labute approximate surface area is 109 Å². The fourth-order valence-electron chi connectivity index (χ4n) is 2.51. The Bertz CT molecular complexity index is 356. The number of nitrogens with one attached hydrogen (secondary N) is 1. The second-order valence-electron chi connectivity index (χ2n) is 5.29. The molecule has 0 saturated carbocycles. The van der Waals surface area contributed by atoms with E-state index < -0.39 is 0 Å². The van der Waals surface area contributed by atoms with Gasteiger partial charge in [-0.2, -0.15) is 0 Å². The second kappa shape index (κ2) is 6.31. The maximum Gasteiger partial charge on any atom is 0.151 e. The highest BCUT2D eigenvalue weighted by Gasteiger charge is 2.21. The lowest BCUT2D eigenvalue weighted by Gasteiger charge is -2.34. The topological polar surface area (TPSA) is 44.5 Å². The highest BCUT2D eigenvalue weighted by Crippen LogP contribution is 2.16. The zero-order valence-electron chi connectivity index (χ0n) is 11.6. The Hall–Kier alpha value is -0.910. The van der Waals surface area contributed by atoms with E-state index in [2.05, 4.69) is 40.4 Å². The summed E-state index contributed by atoms with van der Waals surface area (Å²) >= 11 is 0. The van der Waals surface area contributed by atoms with Gasteiger partial charge in [0.05, 0.1) is 12.2 Å². The van der Waals surface area contributed by atoms with Crippen molar-refractivity contribution in [1.82, 2.24) is 20.3 Å². The predicted octanol–water partition coefficient (Wildman–Crippen LogP) is 0.920. The van der Waals surface area contributed by atoms with Gasteiger partial charge in [0.1, 0.15) is 0 Å². The summed E-state index contributed by atoms with van der Waals surface area (Å²) in [5, 5.41) is 7.12. The SMILES string of the molecule is CNCc1cc(CN2CCC(N(C)C)CC2)on1. The van der Waals surface area contributed by atoms with Crippen molar-refractivity contribution in [2.75, 3.05) is 34.2 Å². The number of rotatable bonds is 5. The Balaban J connectivity index is 1.80. The fraction of sp³-hybridized carbons (Fsp3) is 0.769. The first-order chi connectivity index (χ1) is 8.69. The van der Waals surface area contributed by atoms with E-state index in [0.29, 0.717) is 0 Å². The lowest BCUT2D eigenvalue weighted by atomic mass is 10.0. The molecule has 2 rings (SSSR count). The first kappa shape index (κ1) is 13.5. The molecule has 1 N–H and O–H groups in total. The molecule has 0 amide bonds. The Kier molecular flexibility index (Phi) is 4.74. The maximum absolute atomic E-state index is 5.35. The van der Waals surface area contributed by atoms with Gasteiger partial charge in [-0.1, -0.05) is 5.16 Å². The largest absolute Gasteiger partial charge is 0.360 e. The Morgan fingerprint density at radius 3 is 2.78 bits per heavy atom. The maximum atomic E-state index is 5.35. The van der Waals surface area contributed by atoms with Crippen LogP contribution in [0.1, 0.15) is 24.3 Å². The third kappa shape index (κ3) is 3.54. The number of likely N-dealkylation sites (tertiary alicyclic amines) is 1. The smallest absolute Gasteiger partial charge is 0.151 e. The lowest BCUT2D eigenvalue weighted by Crippen LogP contribution is -2.41. The monoisotopic (exact) mass is 252 g/mol. The molecule has 1 fully saturated rings. The normalized spacial score (nSPS) is 18.7. The molecule has 5 nitrogen and oxygen atoms in total. The predicted molar refractivity (Wildman–Crippen MR) is 71.3 cm³/mol. The van der Waals surface area contributed by atoms with Crippen molar-refractivity contribution < 1.29 is 4.52 Å². The number of aromatic nitrogens is 1. The quantitative estimate of drug-likeness (QED) is 0.844. The van der Waals surface area contributed by atoms with Gasteiger partial charge in [0, 0.05) is 31.7 Å². The highest BCUT2D eigenvalue weighted by molar-refractivity contribution is 5.05. The van der Waals surface area contributed by atoms with Crippen LogP contribution in [0, 0.1) is 0 Å². The molecular formula is C13H24N4O. The summed E-state index contributed by atoms with van der Waals surface area (Å²) in [5.41, 5.74) is 0.982. The number of piperidine rings is 1. The van der Waals surface area contributed by atoms with Gasteiger partial charge >= 0.3 is 0 Å². The summed E-state index contributed by atoms with van der Waals surface area (Å²) in [6.45, 7) is 3.94. The first-order valence-electron chi connectivity index (χ1n) is 6.67. The van der Waals surface area contributed by atoms with Crippen LogP contribution in [0.3, 0.4) is 0 Å². The molecule has 0 spiro atoms. The van der Waals surface area contributed by atoms with Gasteiger partial charge in [0.25, 0.3) is 0 Å². The fourth-order valence-corrected chi connectivity index (χ4v) is 2.51. The van der Waals surface area contributed by atoms with Crippen molar-refractivity contribution >= 4 is 0 Å². The van der Waals surface area contributed by atoms with Crippen LogP contribution in [0.15, 0.2) is 10.6 Å². The van der Waals surface area contributed by atoms with Crippen LogP contribution >= 0.6 is 0 Å². The van der Waals surface area contributed by atoms with E-state index in [0.717, 1.165) is 43.7 Å². The average molecular weight is 252 g/mol. The summed E-state index contributed by atoms with van der Waals surface area (Å²) in [6.07, 6.45) is 2.48. The van der Waals surface area contributed by atoms with Crippen LogP contribution in [0.2, 0.25) is 0 Å². The van der Waals surface area contributed by atoms with E-state index in [4.69, 9.17) is 4.52 Å². The number of nitrogens with zero attached hydrogens (tertiary/aromatic N) is 3. The van der Waals surface area contributed by atoms with Crippen LogP contribution in [0.4, 0.5) is 0 Å². The summed E-state index contributed by atoms with van der Waals surface area (Å²) in [4.78, 5) is 4.78. The van der Waals surface area contributed by atoms with Crippen molar-refractivity contribution in [2.24, 2.45) is 0 Å². The minimum absolute atomic E-state index is 0.732. The highest BCUT2D eigenvalue weighted by atomic mass is 16.5. The molecule has 5 heteroatoms. The minimum atomic E-state index is 0.732. The van der Waals surface area contributed by atoms with Crippen molar-refractivity contribution in [3.8, 4) is 0 Å². The van der Waals surface area contributed by atoms with E-state index in [9.17, 15) is 0 Å². The molecule has 0 radical (unpaired) electrons. The van der Waals surface area contributed by atoms with Gasteiger partial charge in [0.15, 0.2) is 5.76 Å². The second-order valence-corrected chi connectivity index (χ2v) is 5.29. The summed E-state index contributed by atoms with van der Waals surface area (Å²) in [6, 6.07) is 2.78. The van der Waals surface area contributed by atoms with E-state index in [1.54, 1.807) is 0 Å². The minimum Gasteiger partial charge on any atom is -0.360 e. The molecule has 102 valence electrons. The molecule has 0 aromatic carbocycles. The zero-order valence-corrected chi connectivity index (χ0v) is 11.6. The molecule has 0 bridgehead atoms. The van der Waals surface area contributed by atoms with Crippen LogP contribution in [-0.4, -0.2) is 55.2 Å².